The summed E-state index contributed by atoms with van der Waals surface area (Å²) in [5.74, 6) is -1.32. The maximum atomic E-state index is 11.9. The summed E-state index contributed by atoms with van der Waals surface area (Å²) < 4.78 is 0. The number of hydrogen-bond donors (Lipinski definition) is 3. The fourth-order valence-corrected chi connectivity index (χ4v) is 2.12. The SMILES string of the molecule is CC(O)CCCNC(=O)CC(C)(C(=O)O)c1ccccc1. The van der Waals surface area contributed by atoms with E-state index in [4.69, 9.17) is 5.11 Å². The molecule has 5 nitrogen and oxygen atoms in total. The molecular formula is C16H23NO4. The third kappa shape index (κ3) is 5.19. The highest BCUT2D eigenvalue weighted by Gasteiger charge is 2.37. The standard InChI is InChI=1S/C16H23NO4/c1-12(18)7-6-10-17-14(19)11-16(2,15(20)21)13-8-4-3-5-9-13/h3-5,8-9,12,18H,6-7,10-11H2,1-2H3,(H,17,19)(H,20,21). The molecule has 0 aliphatic carbocycles. The van der Waals surface area contributed by atoms with Crippen LogP contribution in [0.1, 0.15) is 38.7 Å². The number of nitrogens with one attached hydrogen (secondary N) is 1. The molecule has 5 heteroatoms. The number of benzene rings is 1. The van der Waals surface area contributed by atoms with Crippen LogP contribution in [0.2, 0.25) is 0 Å². The fourth-order valence-electron chi connectivity index (χ4n) is 2.12. The largest absolute Gasteiger partial charge is 0.481 e. The van der Waals surface area contributed by atoms with Gasteiger partial charge in [-0.1, -0.05) is 30.3 Å². The number of rotatable bonds is 8. The molecule has 3 N–H and O–H groups in total. The predicted molar refractivity (Wildman–Crippen MR) is 80.0 cm³/mol. The number of carbonyl (C=O) groups is 2. The second kappa shape index (κ2) is 7.78. The zero-order valence-electron chi connectivity index (χ0n) is 12.5. The lowest BCUT2D eigenvalue weighted by atomic mass is 9.79. The zero-order chi connectivity index (χ0) is 15.9. The highest BCUT2D eigenvalue weighted by molar-refractivity contribution is 5.89. The van der Waals surface area contributed by atoms with Crippen molar-refractivity contribution in [2.75, 3.05) is 6.54 Å². The summed E-state index contributed by atoms with van der Waals surface area (Å²) in [7, 11) is 0. The van der Waals surface area contributed by atoms with Gasteiger partial charge in [0.2, 0.25) is 5.91 Å². The van der Waals surface area contributed by atoms with Gasteiger partial charge in [0.05, 0.1) is 11.5 Å². The summed E-state index contributed by atoms with van der Waals surface area (Å²) >= 11 is 0. The van der Waals surface area contributed by atoms with Crippen LogP contribution in [0.25, 0.3) is 0 Å². The summed E-state index contributed by atoms with van der Waals surface area (Å²) in [5, 5.41) is 21.3. The molecule has 0 radical (unpaired) electrons. The molecule has 0 saturated heterocycles. The first kappa shape index (κ1) is 17.2. The third-order valence-electron chi connectivity index (χ3n) is 3.52. The molecule has 0 aliphatic rings. The van der Waals surface area contributed by atoms with Crippen molar-refractivity contribution in [1.29, 1.82) is 0 Å². The maximum Gasteiger partial charge on any atom is 0.314 e. The molecular weight excluding hydrogens is 270 g/mol. The van der Waals surface area contributed by atoms with Crippen molar-refractivity contribution in [2.24, 2.45) is 0 Å². The van der Waals surface area contributed by atoms with Crippen molar-refractivity contribution in [1.82, 2.24) is 5.32 Å². The molecule has 0 fully saturated rings. The smallest absolute Gasteiger partial charge is 0.314 e. The minimum atomic E-state index is -1.24. The first-order valence-electron chi connectivity index (χ1n) is 7.10. The number of amides is 1. The Hall–Kier alpha value is -1.88. The van der Waals surface area contributed by atoms with Gasteiger partial charge in [-0.15, -0.1) is 0 Å². The molecule has 1 aromatic rings. The monoisotopic (exact) mass is 293 g/mol. The number of aliphatic carboxylic acids is 1. The third-order valence-corrected chi connectivity index (χ3v) is 3.52. The minimum Gasteiger partial charge on any atom is -0.481 e. The van der Waals surface area contributed by atoms with Crippen molar-refractivity contribution in [3.05, 3.63) is 35.9 Å². The molecule has 0 bridgehead atoms. The Morgan fingerprint density at radius 1 is 1.29 bits per heavy atom. The van der Waals surface area contributed by atoms with Gasteiger partial charge < -0.3 is 15.5 Å². The van der Waals surface area contributed by atoms with E-state index < -0.39 is 17.5 Å². The van der Waals surface area contributed by atoms with E-state index in [-0.39, 0.29) is 12.3 Å². The highest BCUT2D eigenvalue weighted by Crippen LogP contribution is 2.27. The number of carboxylic acids is 1. The second-order valence-corrected chi connectivity index (χ2v) is 5.52. The highest BCUT2D eigenvalue weighted by atomic mass is 16.4. The van der Waals surface area contributed by atoms with E-state index in [9.17, 15) is 14.7 Å². The van der Waals surface area contributed by atoms with Gasteiger partial charge in [-0.25, -0.2) is 0 Å². The Kier molecular flexibility index (Phi) is 6.37. The second-order valence-electron chi connectivity index (χ2n) is 5.52. The summed E-state index contributed by atoms with van der Waals surface area (Å²) in [6.07, 6.45) is 0.768. The number of aliphatic hydroxyl groups excluding tert-OH is 1. The molecule has 1 rings (SSSR count). The van der Waals surface area contributed by atoms with Crippen molar-refractivity contribution < 1.29 is 19.8 Å². The van der Waals surface area contributed by atoms with Crippen LogP contribution < -0.4 is 5.32 Å². The van der Waals surface area contributed by atoms with E-state index >= 15 is 0 Å². The predicted octanol–water partition coefficient (Wildman–Crippen LogP) is 1.70. The minimum absolute atomic E-state index is 0.110. The van der Waals surface area contributed by atoms with Crippen LogP contribution in [-0.4, -0.2) is 34.7 Å². The van der Waals surface area contributed by atoms with Crippen molar-refractivity contribution in [3.8, 4) is 0 Å². The average Bonchev–Trinajstić information content (AvgIpc) is 2.44. The van der Waals surface area contributed by atoms with E-state index in [2.05, 4.69) is 5.32 Å². The van der Waals surface area contributed by atoms with Crippen LogP contribution >= 0.6 is 0 Å². The van der Waals surface area contributed by atoms with Gasteiger partial charge in [-0.2, -0.15) is 0 Å². The molecule has 0 aromatic heterocycles. The lowest BCUT2D eigenvalue weighted by molar-refractivity contribution is -0.145. The van der Waals surface area contributed by atoms with Crippen LogP contribution in [0.15, 0.2) is 30.3 Å². The number of hydrogen-bond acceptors (Lipinski definition) is 3. The average molecular weight is 293 g/mol. The van der Waals surface area contributed by atoms with E-state index in [0.717, 1.165) is 0 Å². The molecule has 1 aromatic carbocycles. The van der Waals surface area contributed by atoms with E-state index in [1.807, 2.05) is 6.07 Å². The van der Waals surface area contributed by atoms with Crippen LogP contribution in [-0.2, 0) is 15.0 Å². The van der Waals surface area contributed by atoms with Gasteiger partial charge in [0.1, 0.15) is 0 Å². The first-order chi connectivity index (χ1) is 9.86. The molecule has 0 heterocycles. The Bertz CT molecular complexity index is 472. The Morgan fingerprint density at radius 3 is 2.43 bits per heavy atom. The zero-order valence-corrected chi connectivity index (χ0v) is 12.5. The number of carbonyl (C=O) groups excluding carboxylic acids is 1. The normalized spacial score (nSPS) is 15.0. The summed E-state index contributed by atoms with van der Waals surface area (Å²) in [6, 6.07) is 8.76. The summed E-state index contributed by atoms with van der Waals surface area (Å²) in [5.41, 5.74) is -0.632. The molecule has 21 heavy (non-hydrogen) atoms. The van der Waals surface area contributed by atoms with Gasteiger partial charge >= 0.3 is 5.97 Å². The molecule has 0 saturated carbocycles. The first-order valence-corrected chi connectivity index (χ1v) is 7.10. The van der Waals surface area contributed by atoms with Gasteiger partial charge in [0.15, 0.2) is 0 Å². The molecule has 1 amide bonds. The van der Waals surface area contributed by atoms with Crippen molar-refractivity contribution in [3.63, 3.8) is 0 Å². The van der Waals surface area contributed by atoms with Crippen molar-refractivity contribution >= 4 is 11.9 Å². The van der Waals surface area contributed by atoms with E-state index in [1.165, 1.54) is 0 Å². The summed E-state index contributed by atoms with van der Waals surface area (Å²) in [6.45, 7) is 3.69. The molecule has 2 unspecified atom stereocenters. The lowest BCUT2D eigenvalue weighted by Crippen LogP contribution is -2.39. The van der Waals surface area contributed by atoms with Crippen LogP contribution in [0.4, 0.5) is 0 Å². The van der Waals surface area contributed by atoms with E-state index in [0.29, 0.717) is 24.9 Å². The molecule has 2 atom stereocenters. The van der Waals surface area contributed by atoms with Crippen LogP contribution in [0.5, 0.6) is 0 Å². The molecule has 0 aliphatic heterocycles. The Labute approximate surface area is 125 Å². The van der Waals surface area contributed by atoms with Gasteiger partial charge in [0, 0.05) is 13.0 Å². The fraction of sp³-hybridized carbons (Fsp3) is 0.500. The lowest BCUT2D eigenvalue weighted by Gasteiger charge is -2.24. The van der Waals surface area contributed by atoms with Crippen LogP contribution in [0.3, 0.4) is 0 Å². The Morgan fingerprint density at radius 2 is 1.90 bits per heavy atom. The van der Waals surface area contributed by atoms with Gasteiger partial charge in [-0.05, 0) is 32.3 Å². The summed E-state index contributed by atoms with van der Waals surface area (Å²) in [4.78, 5) is 23.5. The van der Waals surface area contributed by atoms with Crippen LogP contribution in [0, 0.1) is 0 Å². The maximum absolute atomic E-state index is 11.9. The number of aliphatic hydroxyl groups is 1. The number of carboxylic acid groups (broad SMARTS) is 1. The van der Waals surface area contributed by atoms with Gasteiger partial charge in [0.25, 0.3) is 0 Å². The molecule has 0 spiro atoms. The topological polar surface area (TPSA) is 86.6 Å². The quantitative estimate of drug-likeness (QED) is 0.637. The Balaban J connectivity index is 2.63. The molecule has 116 valence electrons. The van der Waals surface area contributed by atoms with Crippen molar-refractivity contribution in [2.45, 2.75) is 44.6 Å². The van der Waals surface area contributed by atoms with Gasteiger partial charge in [-0.3, -0.25) is 9.59 Å². The van der Waals surface area contributed by atoms with E-state index in [1.54, 1.807) is 38.1 Å².